The zero-order valence-corrected chi connectivity index (χ0v) is 16.5. The Hall–Kier alpha value is -4.56. The zero-order valence-electron chi connectivity index (χ0n) is 16.5. The Balaban J connectivity index is 1.88. The van der Waals surface area contributed by atoms with E-state index < -0.39 is 0 Å². The third-order valence-corrected chi connectivity index (χ3v) is 4.95. The Bertz CT molecular complexity index is 1370. The lowest BCUT2D eigenvalue weighted by atomic mass is 9.93. The molecular weight excluding hydrogens is 393 g/mol. The number of nitrogens with one attached hydrogen (secondary N) is 1. The van der Waals surface area contributed by atoms with E-state index >= 15 is 0 Å². The van der Waals surface area contributed by atoms with Crippen LogP contribution in [0.15, 0.2) is 55.0 Å². The molecule has 0 saturated carbocycles. The molecule has 2 aromatic heterocycles. The maximum atomic E-state index is 14.1. The van der Waals surface area contributed by atoms with E-state index in [0.29, 0.717) is 22.4 Å². The number of nitrogens with zero attached hydrogens (tertiary/aromatic N) is 5. The second-order valence-corrected chi connectivity index (χ2v) is 6.87. The molecule has 0 spiro atoms. The molecule has 0 fully saturated rings. The molecule has 0 radical (unpaired) electrons. The van der Waals surface area contributed by atoms with Crippen molar-refractivity contribution in [3.63, 3.8) is 0 Å². The van der Waals surface area contributed by atoms with Gasteiger partial charge in [0.15, 0.2) is 5.69 Å². The number of nitriles is 1. The van der Waals surface area contributed by atoms with Crippen LogP contribution in [0.4, 0.5) is 21.7 Å². The predicted molar refractivity (Wildman–Crippen MR) is 117 cm³/mol. The summed E-state index contributed by atoms with van der Waals surface area (Å²) in [6, 6.07) is 13.2. The first-order valence-electron chi connectivity index (χ1n) is 9.35. The van der Waals surface area contributed by atoms with Gasteiger partial charge in [-0.2, -0.15) is 5.26 Å². The first-order valence-corrected chi connectivity index (χ1v) is 9.35. The summed E-state index contributed by atoms with van der Waals surface area (Å²) >= 11 is 0. The Labute approximate surface area is 177 Å². The molecule has 0 bridgehead atoms. The van der Waals surface area contributed by atoms with Crippen LogP contribution in [0.2, 0.25) is 0 Å². The highest BCUT2D eigenvalue weighted by Crippen LogP contribution is 2.36. The molecule has 2 aromatic carbocycles. The molecule has 4 rings (SSSR count). The van der Waals surface area contributed by atoms with Gasteiger partial charge in [0.2, 0.25) is 0 Å². The fraction of sp³-hybridized carbons (Fsp3) is 0.0870. The van der Waals surface area contributed by atoms with Gasteiger partial charge in [-0.25, -0.2) is 19.2 Å². The summed E-state index contributed by atoms with van der Waals surface area (Å²) in [5.41, 5.74) is 9.47. The molecule has 0 saturated heterocycles. The average molecular weight is 409 g/mol. The molecule has 2 heterocycles. The van der Waals surface area contributed by atoms with Gasteiger partial charge < -0.3 is 11.1 Å². The van der Waals surface area contributed by atoms with Crippen LogP contribution in [0.3, 0.4) is 0 Å². The van der Waals surface area contributed by atoms with Gasteiger partial charge in [-0.3, -0.25) is 4.98 Å². The number of halogens is 1. The van der Waals surface area contributed by atoms with E-state index in [0.717, 1.165) is 16.7 Å². The highest BCUT2D eigenvalue weighted by Gasteiger charge is 2.19. The van der Waals surface area contributed by atoms with Crippen molar-refractivity contribution < 1.29 is 4.39 Å². The number of hydrogen-bond donors (Lipinski definition) is 2. The number of nitrogens with two attached hydrogens (primary N) is 1. The normalized spacial score (nSPS) is 11.5. The van der Waals surface area contributed by atoms with E-state index in [2.05, 4.69) is 25.1 Å². The van der Waals surface area contributed by atoms with Crippen molar-refractivity contribution in [1.29, 1.82) is 5.26 Å². The summed E-state index contributed by atoms with van der Waals surface area (Å²) < 4.78 is 14.1. The Morgan fingerprint density at radius 1 is 1.16 bits per heavy atom. The molecule has 31 heavy (non-hydrogen) atoms. The minimum absolute atomic E-state index is 0.0841. The van der Waals surface area contributed by atoms with Gasteiger partial charge in [-0.05, 0) is 36.2 Å². The van der Waals surface area contributed by atoms with Crippen LogP contribution in [-0.4, -0.2) is 15.0 Å². The minimum Gasteiger partial charge on any atom is -0.382 e. The average Bonchev–Trinajstić information content (AvgIpc) is 2.78. The highest BCUT2D eigenvalue weighted by molar-refractivity contribution is 5.96. The van der Waals surface area contributed by atoms with Crippen molar-refractivity contribution in [1.82, 2.24) is 15.0 Å². The van der Waals surface area contributed by atoms with Crippen molar-refractivity contribution in [2.45, 2.75) is 13.0 Å². The molecule has 4 aromatic rings. The first-order chi connectivity index (χ1) is 15.0. The topological polar surface area (TPSA) is 105 Å². The summed E-state index contributed by atoms with van der Waals surface area (Å²) in [6.07, 6.45) is 3.00. The zero-order chi connectivity index (χ0) is 22.0. The quantitative estimate of drug-likeness (QED) is 0.459. The lowest BCUT2D eigenvalue weighted by Crippen LogP contribution is -2.12. The summed E-state index contributed by atoms with van der Waals surface area (Å²) in [5.74, 6) is 0.0124. The van der Waals surface area contributed by atoms with Gasteiger partial charge in [0.25, 0.3) is 0 Å². The molecule has 0 amide bonds. The fourth-order valence-electron chi connectivity index (χ4n) is 3.44. The van der Waals surface area contributed by atoms with Gasteiger partial charge in [0.1, 0.15) is 35.4 Å². The second kappa shape index (κ2) is 8.05. The Kier molecular flexibility index (Phi) is 5.13. The number of benzene rings is 2. The number of rotatable bonds is 4. The van der Waals surface area contributed by atoms with Gasteiger partial charge in [-0.1, -0.05) is 24.3 Å². The largest absolute Gasteiger partial charge is 0.382 e. The predicted octanol–water partition coefficient (Wildman–Crippen LogP) is 5.01. The van der Waals surface area contributed by atoms with E-state index in [4.69, 9.17) is 12.3 Å². The Morgan fingerprint density at radius 3 is 2.65 bits per heavy atom. The SMILES string of the molecule is [C-]#[N+]c1ccc(-c2c(C(C)Nc3ncnc(N)c3C#N)cnc3ccc(F)cc23)cc1. The van der Waals surface area contributed by atoms with E-state index in [9.17, 15) is 9.65 Å². The molecule has 0 aliphatic rings. The van der Waals surface area contributed by atoms with Gasteiger partial charge in [0.05, 0.1) is 18.1 Å². The molecule has 7 nitrogen and oxygen atoms in total. The molecule has 150 valence electrons. The van der Waals surface area contributed by atoms with E-state index in [-0.39, 0.29) is 23.2 Å². The summed E-state index contributed by atoms with van der Waals surface area (Å²) in [7, 11) is 0. The summed E-state index contributed by atoms with van der Waals surface area (Å²) in [4.78, 5) is 15.9. The van der Waals surface area contributed by atoms with E-state index in [1.807, 2.05) is 25.1 Å². The second-order valence-electron chi connectivity index (χ2n) is 6.87. The Morgan fingerprint density at radius 2 is 1.94 bits per heavy atom. The number of aromatic nitrogens is 3. The smallest absolute Gasteiger partial charge is 0.187 e. The fourth-order valence-corrected chi connectivity index (χ4v) is 3.44. The molecule has 0 aliphatic carbocycles. The van der Waals surface area contributed by atoms with Crippen molar-refractivity contribution in [3.05, 3.63) is 83.4 Å². The monoisotopic (exact) mass is 409 g/mol. The third kappa shape index (κ3) is 3.70. The van der Waals surface area contributed by atoms with Crippen LogP contribution in [0.1, 0.15) is 24.1 Å². The maximum absolute atomic E-state index is 14.1. The third-order valence-electron chi connectivity index (χ3n) is 4.95. The lowest BCUT2D eigenvalue weighted by Gasteiger charge is -2.21. The van der Waals surface area contributed by atoms with E-state index in [1.165, 1.54) is 18.5 Å². The van der Waals surface area contributed by atoms with Crippen LogP contribution >= 0.6 is 0 Å². The van der Waals surface area contributed by atoms with Gasteiger partial charge in [0, 0.05) is 17.1 Å². The van der Waals surface area contributed by atoms with Crippen molar-refractivity contribution in [2.75, 3.05) is 11.1 Å². The van der Waals surface area contributed by atoms with Crippen LogP contribution in [0, 0.1) is 23.7 Å². The highest BCUT2D eigenvalue weighted by atomic mass is 19.1. The molecule has 3 N–H and O–H groups in total. The number of fused-ring (bicyclic) bond motifs is 1. The number of pyridine rings is 1. The summed E-state index contributed by atoms with van der Waals surface area (Å²) in [5, 5.41) is 13.2. The molecule has 1 atom stereocenters. The summed E-state index contributed by atoms with van der Waals surface area (Å²) in [6.45, 7) is 9.06. The van der Waals surface area contributed by atoms with Crippen LogP contribution in [0.25, 0.3) is 26.9 Å². The molecular formula is C23H16FN7. The minimum atomic E-state index is -0.374. The van der Waals surface area contributed by atoms with Crippen LogP contribution < -0.4 is 11.1 Å². The van der Waals surface area contributed by atoms with Crippen LogP contribution in [0.5, 0.6) is 0 Å². The van der Waals surface area contributed by atoms with Crippen molar-refractivity contribution in [3.8, 4) is 17.2 Å². The lowest BCUT2D eigenvalue weighted by molar-refractivity contribution is 0.629. The van der Waals surface area contributed by atoms with Crippen molar-refractivity contribution >= 4 is 28.2 Å². The van der Waals surface area contributed by atoms with Crippen molar-refractivity contribution in [2.24, 2.45) is 0 Å². The van der Waals surface area contributed by atoms with Crippen LogP contribution in [-0.2, 0) is 0 Å². The van der Waals surface area contributed by atoms with E-state index in [1.54, 1.807) is 24.4 Å². The number of nitrogen functional groups attached to an aromatic ring is 1. The standard InChI is InChI=1S/C23H16FN7/c1-13(31-23-18(10-25)22(26)29-12-30-23)19-11-28-20-8-5-15(24)9-17(20)21(19)14-3-6-16(27-2)7-4-14/h3-9,11-13H,1H3,(H3,26,29,30,31). The molecule has 1 unspecified atom stereocenters. The van der Waals surface area contributed by atoms with Gasteiger partial charge >= 0.3 is 0 Å². The van der Waals surface area contributed by atoms with Gasteiger partial charge in [-0.15, -0.1) is 0 Å². The molecule has 0 aliphatic heterocycles. The first kappa shape index (κ1) is 19.7. The molecule has 8 heteroatoms. The maximum Gasteiger partial charge on any atom is 0.187 e. The number of anilines is 2. The number of hydrogen-bond acceptors (Lipinski definition) is 6.